The SMILES string of the molecule is CC(C)(C)OC(=O)NCCC(O)C(O)c1cc(F)cc(Cl)c1O. The number of hydrogen-bond donors (Lipinski definition) is 4. The summed E-state index contributed by atoms with van der Waals surface area (Å²) in [4.78, 5) is 11.4. The fourth-order valence-electron chi connectivity index (χ4n) is 1.81. The van der Waals surface area contributed by atoms with Gasteiger partial charge in [0, 0.05) is 12.1 Å². The van der Waals surface area contributed by atoms with Gasteiger partial charge in [0.15, 0.2) is 0 Å². The van der Waals surface area contributed by atoms with Crippen molar-refractivity contribution in [3.05, 3.63) is 28.5 Å². The van der Waals surface area contributed by atoms with Gasteiger partial charge in [-0.1, -0.05) is 11.6 Å². The Balaban J connectivity index is 2.58. The molecule has 0 fully saturated rings. The van der Waals surface area contributed by atoms with Gasteiger partial charge in [-0.25, -0.2) is 9.18 Å². The third kappa shape index (κ3) is 6.21. The number of aliphatic hydroxyl groups is 2. The number of alkyl carbamates (subject to hydrolysis) is 1. The van der Waals surface area contributed by atoms with Crippen LogP contribution in [0.15, 0.2) is 12.1 Å². The predicted molar refractivity (Wildman–Crippen MR) is 82.9 cm³/mol. The summed E-state index contributed by atoms with van der Waals surface area (Å²) in [5, 5.41) is 31.8. The van der Waals surface area contributed by atoms with E-state index in [4.69, 9.17) is 16.3 Å². The average molecular weight is 350 g/mol. The fraction of sp³-hybridized carbons (Fsp3) is 0.533. The third-order valence-electron chi connectivity index (χ3n) is 2.85. The molecule has 0 aliphatic rings. The first-order chi connectivity index (χ1) is 10.5. The van der Waals surface area contributed by atoms with Gasteiger partial charge in [-0.05, 0) is 39.3 Å². The van der Waals surface area contributed by atoms with Gasteiger partial charge in [0.2, 0.25) is 0 Å². The van der Waals surface area contributed by atoms with E-state index < -0.39 is 35.5 Å². The quantitative estimate of drug-likeness (QED) is 0.654. The van der Waals surface area contributed by atoms with Crippen LogP contribution in [0.4, 0.5) is 9.18 Å². The summed E-state index contributed by atoms with van der Waals surface area (Å²) in [5.41, 5.74) is -0.869. The first-order valence-electron chi connectivity index (χ1n) is 7.02. The van der Waals surface area contributed by atoms with Gasteiger partial charge in [0.1, 0.15) is 23.3 Å². The number of amides is 1. The molecule has 1 amide bonds. The third-order valence-corrected chi connectivity index (χ3v) is 3.14. The minimum atomic E-state index is -1.55. The molecule has 23 heavy (non-hydrogen) atoms. The largest absolute Gasteiger partial charge is 0.506 e. The van der Waals surface area contributed by atoms with Crippen LogP contribution in [-0.4, -0.2) is 39.7 Å². The van der Waals surface area contributed by atoms with Crippen LogP contribution in [0.5, 0.6) is 5.75 Å². The molecule has 0 saturated carbocycles. The molecule has 0 bridgehead atoms. The summed E-state index contributed by atoms with van der Waals surface area (Å²) in [6.07, 6.45) is -3.58. The maximum absolute atomic E-state index is 13.3. The van der Waals surface area contributed by atoms with Crippen LogP contribution in [-0.2, 0) is 4.74 Å². The molecule has 0 aliphatic carbocycles. The van der Waals surface area contributed by atoms with Gasteiger partial charge >= 0.3 is 6.09 Å². The highest BCUT2D eigenvalue weighted by Gasteiger charge is 2.24. The summed E-state index contributed by atoms with van der Waals surface area (Å²) in [6.45, 7) is 5.15. The number of carbonyl (C=O) groups excluding carboxylic acids is 1. The van der Waals surface area contributed by atoms with E-state index in [1.54, 1.807) is 20.8 Å². The van der Waals surface area contributed by atoms with Crippen molar-refractivity contribution in [3.8, 4) is 5.75 Å². The molecule has 1 rings (SSSR count). The number of benzene rings is 1. The first kappa shape index (κ1) is 19.5. The maximum atomic E-state index is 13.3. The second kappa shape index (κ2) is 7.81. The van der Waals surface area contributed by atoms with Crippen LogP contribution in [0.25, 0.3) is 0 Å². The van der Waals surface area contributed by atoms with Crippen molar-refractivity contribution in [1.29, 1.82) is 0 Å². The normalized spacial score (nSPS) is 14.2. The van der Waals surface area contributed by atoms with E-state index in [9.17, 15) is 24.5 Å². The molecule has 1 aromatic carbocycles. The first-order valence-corrected chi connectivity index (χ1v) is 7.40. The molecule has 4 N–H and O–H groups in total. The van der Waals surface area contributed by atoms with Crippen molar-refractivity contribution >= 4 is 17.7 Å². The molecule has 6 nitrogen and oxygen atoms in total. The second-order valence-electron chi connectivity index (χ2n) is 6.05. The number of halogens is 2. The Labute approximate surface area is 138 Å². The Morgan fingerprint density at radius 2 is 2.00 bits per heavy atom. The zero-order valence-electron chi connectivity index (χ0n) is 13.1. The van der Waals surface area contributed by atoms with E-state index in [2.05, 4.69) is 5.32 Å². The zero-order valence-corrected chi connectivity index (χ0v) is 13.9. The van der Waals surface area contributed by atoms with E-state index in [1.807, 2.05) is 0 Å². The van der Waals surface area contributed by atoms with E-state index in [0.29, 0.717) is 0 Å². The number of carbonyl (C=O) groups is 1. The standard InChI is InChI=1S/C15H21ClFNO5/c1-15(2,3)23-14(22)18-5-4-11(19)13(21)9-6-8(17)7-10(16)12(9)20/h6-7,11,13,19-21H,4-5H2,1-3H3,(H,18,22). The molecule has 0 spiro atoms. The van der Waals surface area contributed by atoms with Gasteiger partial charge in [0.05, 0.1) is 11.1 Å². The van der Waals surface area contributed by atoms with Gasteiger partial charge in [-0.2, -0.15) is 0 Å². The molecule has 0 radical (unpaired) electrons. The molecule has 130 valence electrons. The molecule has 2 unspecified atom stereocenters. The Hall–Kier alpha value is -1.57. The number of hydrogen-bond acceptors (Lipinski definition) is 5. The second-order valence-corrected chi connectivity index (χ2v) is 6.46. The van der Waals surface area contributed by atoms with Crippen LogP contribution >= 0.6 is 11.6 Å². The number of aliphatic hydroxyl groups excluding tert-OH is 2. The number of nitrogens with one attached hydrogen (secondary N) is 1. The van der Waals surface area contributed by atoms with Gasteiger partial charge < -0.3 is 25.4 Å². The summed E-state index contributed by atoms with van der Waals surface area (Å²) in [7, 11) is 0. The number of aromatic hydroxyl groups is 1. The molecule has 8 heteroatoms. The molecular formula is C15H21ClFNO5. The van der Waals surface area contributed by atoms with Crippen molar-refractivity contribution < 1.29 is 29.2 Å². The van der Waals surface area contributed by atoms with Crippen LogP contribution < -0.4 is 5.32 Å². The summed E-state index contributed by atoms with van der Waals surface area (Å²) in [6, 6.07) is 1.78. The van der Waals surface area contributed by atoms with Gasteiger partial charge in [0.25, 0.3) is 0 Å². The molecule has 1 aromatic rings. The van der Waals surface area contributed by atoms with Crippen molar-refractivity contribution in [1.82, 2.24) is 5.32 Å². The van der Waals surface area contributed by atoms with Gasteiger partial charge in [-0.15, -0.1) is 0 Å². The topological polar surface area (TPSA) is 99.0 Å². The van der Waals surface area contributed by atoms with Crippen molar-refractivity contribution in [2.24, 2.45) is 0 Å². The predicted octanol–water partition coefficient (Wildman–Crippen LogP) is 2.49. The smallest absolute Gasteiger partial charge is 0.407 e. The number of ether oxygens (including phenoxy) is 1. The van der Waals surface area contributed by atoms with Crippen LogP contribution in [0.1, 0.15) is 38.9 Å². The average Bonchev–Trinajstić information content (AvgIpc) is 2.39. The van der Waals surface area contributed by atoms with Crippen molar-refractivity contribution in [2.75, 3.05) is 6.54 Å². The van der Waals surface area contributed by atoms with E-state index in [-0.39, 0.29) is 23.6 Å². The number of phenols is 1. The monoisotopic (exact) mass is 349 g/mol. The van der Waals surface area contributed by atoms with E-state index in [1.165, 1.54) is 0 Å². The number of phenolic OH excluding ortho intramolecular Hbond substituents is 1. The highest BCUT2D eigenvalue weighted by molar-refractivity contribution is 6.32. The Bertz CT molecular complexity index is 562. The van der Waals surface area contributed by atoms with Crippen LogP contribution in [0, 0.1) is 5.82 Å². The van der Waals surface area contributed by atoms with Gasteiger partial charge in [-0.3, -0.25) is 0 Å². The summed E-state index contributed by atoms with van der Waals surface area (Å²) in [5.74, 6) is -1.25. The fourth-order valence-corrected chi connectivity index (χ4v) is 2.03. The summed E-state index contributed by atoms with van der Waals surface area (Å²) < 4.78 is 18.3. The Kier molecular flexibility index (Phi) is 6.61. The van der Waals surface area contributed by atoms with E-state index in [0.717, 1.165) is 12.1 Å². The Morgan fingerprint density at radius 3 is 2.57 bits per heavy atom. The maximum Gasteiger partial charge on any atom is 0.407 e. The molecule has 0 aromatic heterocycles. The lowest BCUT2D eigenvalue weighted by molar-refractivity contribution is 0.0109. The lowest BCUT2D eigenvalue weighted by Gasteiger charge is -2.21. The minimum absolute atomic E-state index is 0.0248. The lowest BCUT2D eigenvalue weighted by Crippen LogP contribution is -2.34. The molecule has 0 heterocycles. The molecule has 0 saturated heterocycles. The molecule has 0 aliphatic heterocycles. The van der Waals surface area contributed by atoms with Crippen molar-refractivity contribution in [2.45, 2.75) is 45.0 Å². The highest BCUT2D eigenvalue weighted by Crippen LogP contribution is 2.34. The van der Waals surface area contributed by atoms with E-state index >= 15 is 0 Å². The Morgan fingerprint density at radius 1 is 1.39 bits per heavy atom. The lowest BCUT2D eigenvalue weighted by atomic mass is 10.0. The molecular weight excluding hydrogens is 329 g/mol. The molecule has 2 atom stereocenters. The number of rotatable bonds is 5. The minimum Gasteiger partial charge on any atom is -0.506 e. The van der Waals surface area contributed by atoms with Crippen LogP contribution in [0.3, 0.4) is 0 Å². The highest BCUT2D eigenvalue weighted by atomic mass is 35.5. The van der Waals surface area contributed by atoms with Crippen LogP contribution in [0.2, 0.25) is 5.02 Å². The summed E-state index contributed by atoms with van der Waals surface area (Å²) >= 11 is 5.62. The van der Waals surface area contributed by atoms with Crippen molar-refractivity contribution in [3.63, 3.8) is 0 Å². The zero-order chi connectivity index (χ0) is 17.8.